The predicted molar refractivity (Wildman–Crippen MR) is 136 cm³/mol. The summed E-state index contributed by atoms with van der Waals surface area (Å²) in [7, 11) is -3.11. The van der Waals surface area contributed by atoms with Crippen molar-refractivity contribution in [3.63, 3.8) is 0 Å². The first kappa shape index (κ1) is 25.0. The lowest BCUT2D eigenvalue weighted by atomic mass is 10.1. The molecule has 2 aromatic carbocycles. The van der Waals surface area contributed by atoms with Crippen LogP contribution in [0.2, 0.25) is 0 Å². The Morgan fingerprint density at radius 2 is 1.36 bits per heavy atom. The molecule has 3 heterocycles. The molecule has 0 N–H and O–H groups in total. The highest BCUT2D eigenvalue weighted by Crippen LogP contribution is 2.32. The molecule has 3 aliphatic heterocycles. The molecule has 0 radical (unpaired) electrons. The molecule has 0 atom stereocenters. The highest BCUT2D eigenvalue weighted by Gasteiger charge is 2.26. The molecule has 2 fully saturated rings. The average molecular weight is 515 g/mol. The molecule has 5 rings (SSSR count). The third-order valence-electron chi connectivity index (χ3n) is 7.20. The van der Waals surface area contributed by atoms with E-state index in [1.807, 2.05) is 41.3 Å². The Hall–Kier alpha value is -2.66. The average Bonchev–Trinajstić information content (AvgIpc) is 3.38. The summed E-state index contributed by atoms with van der Waals surface area (Å²) in [4.78, 5) is 19.6. The lowest BCUT2D eigenvalue weighted by Gasteiger charge is -2.35. The molecule has 0 unspecified atom stereocenters. The lowest BCUT2D eigenvalue weighted by molar-refractivity contribution is 0.0628. The standard InChI is InChI=1S/C26H34N4O5S/c1-2-36(32,33)30-15-11-28(12-16-30)18-21-3-6-23(7-4-21)26(31)29-13-9-27(10-14-29)19-22-5-8-24-25(17-22)35-20-34-24/h3-8,17H,2,9-16,18-20H2,1H3. The van der Waals surface area contributed by atoms with Gasteiger partial charge in [0, 0.05) is 71.0 Å². The summed E-state index contributed by atoms with van der Waals surface area (Å²) in [6.07, 6.45) is 0. The van der Waals surface area contributed by atoms with E-state index in [4.69, 9.17) is 9.47 Å². The van der Waals surface area contributed by atoms with Gasteiger partial charge in [0.15, 0.2) is 11.5 Å². The highest BCUT2D eigenvalue weighted by atomic mass is 32.2. The van der Waals surface area contributed by atoms with E-state index in [0.717, 1.165) is 56.3 Å². The topological polar surface area (TPSA) is 82.6 Å². The van der Waals surface area contributed by atoms with Crippen molar-refractivity contribution in [2.75, 3.05) is 64.9 Å². The van der Waals surface area contributed by atoms with E-state index in [2.05, 4.69) is 15.9 Å². The molecule has 10 heteroatoms. The van der Waals surface area contributed by atoms with Crippen LogP contribution >= 0.6 is 0 Å². The van der Waals surface area contributed by atoms with Crippen LogP contribution in [0.5, 0.6) is 11.5 Å². The van der Waals surface area contributed by atoms with Gasteiger partial charge >= 0.3 is 0 Å². The van der Waals surface area contributed by atoms with E-state index >= 15 is 0 Å². The smallest absolute Gasteiger partial charge is 0.253 e. The Bertz CT molecular complexity index is 1170. The van der Waals surface area contributed by atoms with Crippen LogP contribution in [0.3, 0.4) is 0 Å². The maximum absolute atomic E-state index is 13.1. The summed E-state index contributed by atoms with van der Waals surface area (Å²) >= 11 is 0. The van der Waals surface area contributed by atoms with Gasteiger partial charge in [-0.25, -0.2) is 8.42 Å². The van der Waals surface area contributed by atoms with Gasteiger partial charge in [-0.3, -0.25) is 14.6 Å². The van der Waals surface area contributed by atoms with Crippen LogP contribution in [0.1, 0.15) is 28.4 Å². The molecule has 3 aliphatic rings. The SMILES string of the molecule is CCS(=O)(=O)N1CCN(Cc2ccc(C(=O)N3CCN(Cc4ccc5c(c4)OCO5)CC3)cc2)CC1. The number of hydrogen-bond acceptors (Lipinski definition) is 7. The number of carbonyl (C=O) groups excluding carboxylic acids is 1. The lowest BCUT2D eigenvalue weighted by Crippen LogP contribution is -2.48. The summed E-state index contributed by atoms with van der Waals surface area (Å²) in [6.45, 7) is 9.13. The minimum atomic E-state index is -3.11. The number of benzene rings is 2. The van der Waals surface area contributed by atoms with Crippen LogP contribution in [-0.2, 0) is 23.1 Å². The van der Waals surface area contributed by atoms with Crippen LogP contribution in [0.4, 0.5) is 0 Å². The van der Waals surface area contributed by atoms with Crippen LogP contribution in [0.15, 0.2) is 42.5 Å². The summed E-state index contributed by atoms with van der Waals surface area (Å²) in [5, 5.41) is 0. The van der Waals surface area contributed by atoms with Gasteiger partial charge in [-0.15, -0.1) is 0 Å². The summed E-state index contributed by atoms with van der Waals surface area (Å²) in [5.74, 6) is 1.82. The second-order valence-electron chi connectivity index (χ2n) is 9.53. The monoisotopic (exact) mass is 514 g/mol. The van der Waals surface area contributed by atoms with Gasteiger partial charge in [0.25, 0.3) is 5.91 Å². The van der Waals surface area contributed by atoms with E-state index in [0.29, 0.717) is 31.7 Å². The molecule has 0 saturated carbocycles. The normalized spacial score (nSPS) is 19.5. The van der Waals surface area contributed by atoms with Crippen LogP contribution in [-0.4, -0.2) is 98.2 Å². The molecule has 194 valence electrons. The van der Waals surface area contributed by atoms with E-state index in [9.17, 15) is 13.2 Å². The molecule has 36 heavy (non-hydrogen) atoms. The van der Waals surface area contributed by atoms with Crippen molar-refractivity contribution in [2.45, 2.75) is 20.0 Å². The molecule has 0 bridgehead atoms. The van der Waals surface area contributed by atoms with Gasteiger partial charge in [-0.1, -0.05) is 18.2 Å². The molecule has 0 aliphatic carbocycles. The number of sulfonamides is 1. The summed E-state index contributed by atoms with van der Waals surface area (Å²) < 4.78 is 36.5. The van der Waals surface area contributed by atoms with Crippen molar-refractivity contribution in [3.05, 3.63) is 59.2 Å². The van der Waals surface area contributed by atoms with Crippen molar-refractivity contribution >= 4 is 15.9 Å². The van der Waals surface area contributed by atoms with E-state index < -0.39 is 10.0 Å². The number of piperazine rings is 2. The van der Waals surface area contributed by atoms with E-state index in [1.165, 1.54) is 5.56 Å². The second kappa shape index (κ2) is 10.8. The Balaban J connectivity index is 1.08. The Morgan fingerprint density at radius 3 is 2.03 bits per heavy atom. The summed E-state index contributed by atoms with van der Waals surface area (Å²) in [5.41, 5.74) is 3.02. The molecule has 2 saturated heterocycles. The molecule has 2 aromatic rings. The fourth-order valence-corrected chi connectivity index (χ4v) is 6.03. The Kier molecular flexibility index (Phi) is 7.47. The van der Waals surface area contributed by atoms with E-state index in [-0.39, 0.29) is 18.5 Å². The minimum absolute atomic E-state index is 0.0719. The number of nitrogens with zero attached hydrogens (tertiary/aromatic N) is 4. The van der Waals surface area contributed by atoms with Gasteiger partial charge < -0.3 is 14.4 Å². The number of rotatable bonds is 7. The maximum Gasteiger partial charge on any atom is 0.253 e. The maximum atomic E-state index is 13.1. The van der Waals surface area contributed by atoms with Crippen LogP contribution in [0, 0.1) is 0 Å². The van der Waals surface area contributed by atoms with Crippen molar-refractivity contribution < 1.29 is 22.7 Å². The Labute approximate surface area is 213 Å². The second-order valence-corrected chi connectivity index (χ2v) is 11.8. The van der Waals surface area contributed by atoms with Crippen LogP contribution < -0.4 is 9.47 Å². The summed E-state index contributed by atoms with van der Waals surface area (Å²) in [6, 6.07) is 13.9. The van der Waals surface area contributed by atoms with E-state index in [1.54, 1.807) is 11.2 Å². The molecular formula is C26H34N4O5S. The third-order valence-corrected chi connectivity index (χ3v) is 9.08. The van der Waals surface area contributed by atoms with Crippen LogP contribution in [0.25, 0.3) is 0 Å². The number of hydrogen-bond donors (Lipinski definition) is 0. The molecular weight excluding hydrogens is 480 g/mol. The number of ether oxygens (including phenoxy) is 2. The van der Waals surface area contributed by atoms with Gasteiger partial charge in [0.2, 0.25) is 16.8 Å². The van der Waals surface area contributed by atoms with Crippen molar-refractivity contribution in [1.29, 1.82) is 0 Å². The molecule has 0 spiro atoms. The van der Waals surface area contributed by atoms with Crippen molar-refractivity contribution in [3.8, 4) is 11.5 Å². The zero-order valence-corrected chi connectivity index (χ0v) is 21.6. The fraction of sp³-hybridized carbons (Fsp3) is 0.500. The van der Waals surface area contributed by atoms with Gasteiger partial charge in [-0.05, 0) is 42.3 Å². The quantitative estimate of drug-likeness (QED) is 0.558. The molecule has 9 nitrogen and oxygen atoms in total. The Morgan fingerprint density at radius 1 is 0.778 bits per heavy atom. The zero-order valence-electron chi connectivity index (χ0n) is 20.8. The first-order valence-corrected chi connectivity index (χ1v) is 14.2. The largest absolute Gasteiger partial charge is 0.454 e. The van der Waals surface area contributed by atoms with Gasteiger partial charge in [0.05, 0.1) is 5.75 Å². The fourth-order valence-electron chi connectivity index (χ4n) is 4.95. The number of carbonyl (C=O) groups is 1. The molecule has 1 amide bonds. The van der Waals surface area contributed by atoms with Crippen molar-refractivity contribution in [1.82, 2.24) is 19.0 Å². The molecule has 0 aromatic heterocycles. The zero-order chi connectivity index (χ0) is 25.1. The minimum Gasteiger partial charge on any atom is -0.454 e. The number of amides is 1. The third kappa shape index (κ3) is 5.67. The first-order valence-electron chi connectivity index (χ1n) is 12.6. The first-order chi connectivity index (χ1) is 17.4. The van der Waals surface area contributed by atoms with Crippen molar-refractivity contribution in [2.24, 2.45) is 0 Å². The van der Waals surface area contributed by atoms with Gasteiger partial charge in [-0.2, -0.15) is 4.31 Å². The highest BCUT2D eigenvalue weighted by molar-refractivity contribution is 7.89. The number of fused-ring (bicyclic) bond motifs is 1. The predicted octanol–water partition coefficient (Wildman–Crippen LogP) is 1.84. The van der Waals surface area contributed by atoms with Gasteiger partial charge in [0.1, 0.15) is 0 Å².